The second-order valence-corrected chi connectivity index (χ2v) is 9.83. The standard InChI is InChI=1S/C24H27Cl2F2N5O/c1-14-10-19(32-31-14)30-23-15(2)20(26)22(28)18(29-23)11-24(13-34)6-8-33(9-7-24)12-16-4-3-5-17(25)21(16)27/h3-5,10,34H,6-9,11-13H2,1-2H3,(H2,29,30,31,32). The van der Waals surface area contributed by atoms with Crippen LogP contribution in [0.4, 0.5) is 20.4 Å². The second-order valence-electron chi connectivity index (χ2n) is 9.05. The Bertz CT molecular complexity index is 1180. The molecule has 0 spiro atoms. The number of nitrogens with one attached hydrogen (secondary N) is 2. The van der Waals surface area contributed by atoms with Crippen LogP contribution in [0.3, 0.4) is 0 Å². The monoisotopic (exact) mass is 509 g/mol. The van der Waals surface area contributed by atoms with E-state index in [4.69, 9.17) is 23.2 Å². The van der Waals surface area contributed by atoms with Gasteiger partial charge in [-0.05, 0) is 45.8 Å². The first-order chi connectivity index (χ1) is 16.2. The third-order valence-corrected chi connectivity index (χ3v) is 7.29. The van der Waals surface area contributed by atoms with Crippen LogP contribution in [0, 0.1) is 30.9 Å². The van der Waals surface area contributed by atoms with Crippen molar-refractivity contribution < 1.29 is 13.9 Å². The number of halogens is 4. The molecule has 34 heavy (non-hydrogen) atoms. The summed E-state index contributed by atoms with van der Waals surface area (Å²) in [5.41, 5.74) is 1.55. The van der Waals surface area contributed by atoms with Gasteiger partial charge in [-0.3, -0.25) is 10.00 Å². The molecular formula is C24H27Cl2F2N5O. The Labute approximate surface area is 207 Å². The lowest BCUT2D eigenvalue weighted by Gasteiger charge is -2.41. The van der Waals surface area contributed by atoms with Crippen LogP contribution in [0.2, 0.25) is 10.0 Å². The van der Waals surface area contributed by atoms with Crippen molar-refractivity contribution in [1.82, 2.24) is 20.1 Å². The fraction of sp³-hybridized carbons (Fsp3) is 0.417. The minimum absolute atomic E-state index is 0.00159. The highest BCUT2D eigenvalue weighted by molar-refractivity contribution is 6.32. The van der Waals surface area contributed by atoms with E-state index in [1.165, 1.54) is 6.07 Å². The van der Waals surface area contributed by atoms with Gasteiger partial charge in [0.15, 0.2) is 11.6 Å². The Kier molecular flexibility index (Phi) is 7.42. The van der Waals surface area contributed by atoms with Crippen LogP contribution in [0.1, 0.15) is 35.4 Å². The third kappa shape index (κ3) is 5.20. The Balaban J connectivity index is 1.50. The number of aromatic amines is 1. The SMILES string of the molecule is Cc1cc(Nc2nc(CC3(CO)CCN(Cc4cccc(Cl)c4F)CC3)c(F)c(Cl)c2C)n[nH]1. The molecule has 0 unspecified atom stereocenters. The van der Waals surface area contributed by atoms with Gasteiger partial charge in [0, 0.05) is 47.9 Å². The van der Waals surface area contributed by atoms with E-state index >= 15 is 4.39 Å². The summed E-state index contributed by atoms with van der Waals surface area (Å²) in [6, 6.07) is 6.79. The quantitative estimate of drug-likeness (QED) is 0.388. The summed E-state index contributed by atoms with van der Waals surface area (Å²) in [7, 11) is 0. The van der Waals surface area contributed by atoms with Gasteiger partial charge in [0.1, 0.15) is 11.6 Å². The third-order valence-electron chi connectivity index (χ3n) is 6.55. The van der Waals surface area contributed by atoms with E-state index in [9.17, 15) is 9.50 Å². The molecule has 3 heterocycles. The van der Waals surface area contributed by atoms with Gasteiger partial charge in [0.25, 0.3) is 0 Å². The maximum atomic E-state index is 15.1. The molecule has 0 atom stereocenters. The van der Waals surface area contributed by atoms with E-state index in [2.05, 4.69) is 25.4 Å². The van der Waals surface area contributed by atoms with Gasteiger partial charge in [-0.2, -0.15) is 5.10 Å². The maximum absolute atomic E-state index is 15.1. The molecule has 6 nitrogen and oxygen atoms in total. The molecule has 1 saturated heterocycles. The number of anilines is 2. The largest absolute Gasteiger partial charge is 0.396 e. The molecule has 3 aromatic rings. The number of aryl methyl sites for hydroxylation is 1. The van der Waals surface area contributed by atoms with E-state index in [1.807, 2.05) is 13.0 Å². The number of pyridine rings is 1. The zero-order valence-electron chi connectivity index (χ0n) is 19.1. The first-order valence-electron chi connectivity index (χ1n) is 11.1. The number of aliphatic hydroxyl groups is 1. The zero-order valence-corrected chi connectivity index (χ0v) is 20.6. The van der Waals surface area contributed by atoms with Crippen LogP contribution in [0.15, 0.2) is 24.3 Å². The highest BCUT2D eigenvalue weighted by Gasteiger charge is 2.36. The highest BCUT2D eigenvalue weighted by Crippen LogP contribution is 2.38. The Morgan fingerprint density at radius 2 is 1.91 bits per heavy atom. The number of aromatic nitrogens is 3. The summed E-state index contributed by atoms with van der Waals surface area (Å²) >= 11 is 12.2. The molecule has 3 N–H and O–H groups in total. The molecule has 1 aromatic carbocycles. The molecule has 1 fully saturated rings. The lowest BCUT2D eigenvalue weighted by atomic mass is 9.75. The van der Waals surface area contributed by atoms with Crippen LogP contribution in [0.25, 0.3) is 0 Å². The smallest absolute Gasteiger partial charge is 0.163 e. The van der Waals surface area contributed by atoms with Crippen molar-refractivity contribution in [3.05, 3.63) is 68.5 Å². The van der Waals surface area contributed by atoms with Crippen molar-refractivity contribution in [2.75, 3.05) is 25.0 Å². The molecule has 10 heteroatoms. The molecule has 1 aliphatic rings. The van der Waals surface area contributed by atoms with Crippen LogP contribution in [-0.2, 0) is 13.0 Å². The lowest BCUT2D eigenvalue weighted by Crippen LogP contribution is -2.43. The molecule has 2 aromatic heterocycles. The van der Waals surface area contributed by atoms with Crippen molar-refractivity contribution in [2.24, 2.45) is 5.41 Å². The van der Waals surface area contributed by atoms with Gasteiger partial charge in [-0.15, -0.1) is 0 Å². The van der Waals surface area contributed by atoms with E-state index in [0.717, 1.165) is 5.69 Å². The van der Waals surface area contributed by atoms with Crippen LogP contribution in [0.5, 0.6) is 0 Å². The van der Waals surface area contributed by atoms with Crippen molar-refractivity contribution in [1.29, 1.82) is 0 Å². The number of aliphatic hydroxyl groups excluding tert-OH is 1. The van der Waals surface area contributed by atoms with E-state index in [1.54, 1.807) is 19.1 Å². The molecule has 0 aliphatic carbocycles. The first kappa shape index (κ1) is 24.9. The predicted octanol–water partition coefficient (Wildman–Crippen LogP) is 5.57. The number of piperidine rings is 1. The van der Waals surface area contributed by atoms with E-state index < -0.39 is 17.0 Å². The minimum atomic E-state index is -0.570. The fourth-order valence-electron chi connectivity index (χ4n) is 4.35. The molecule has 0 bridgehead atoms. The summed E-state index contributed by atoms with van der Waals surface area (Å²) in [6.45, 7) is 5.14. The molecule has 1 aliphatic heterocycles. The Hall–Kier alpha value is -2.26. The number of hydrogen-bond donors (Lipinski definition) is 3. The molecule has 0 saturated carbocycles. The van der Waals surface area contributed by atoms with Crippen LogP contribution in [-0.4, -0.2) is 44.9 Å². The Morgan fingerprint density at radius 1 is 1.18 bits per heavy atom. The zero-order chi connectivity index (χ0) is 24.5. The summed E-state index contributed by atoms with van der Waals surface area (Å²) in [5.74, 6) is 0.00468. The lowest BCUT2D eigenvalue weighted by molar-refractivity contribution is 0.0396. The molecule has 4 rings (SSSR count). The van der Waals surface area contributed by atoms with Crippen LogP contribution >= 0.6 is 23.2 Å². The fourth-order valence-corrected chi connectivity index (χ4v) is 4.74. The average Bonchev–Trinajstić information content (AvgIpc) is 3.24. The van der Waals surface area contributed by atoms with Gasteiger partial charge in [0.2, 0.25) is 0 Å². The summed E-state index contributed by atoms with van der Waals surface area (Å²) in [5, 5.41) is 20.5. The molecule has 0 amide bonds. The predicted molar refractivity (Wildman–Crippen MR) is 130 cm³/mol. The number of hydrogen-bond acceptors (Lipinski definition) is 5. The van der Waals surface area contributed by atoms with E-state index in [-0.39, 0.29) is 28.8 Å². The number of likely N-dealkylation sites (tertiary alicyclic amines) is 1. The number of nitrogens with zero attached hydrogens (tertiary/aromatic N) is 3. The normalized spacial score (nSPS) is 16.1. The van der Waals surface area contributed by atoms with E-state index in [0.29, 0.717) is 55.2 Å². The molecular weight excluding hydrogens is 483 g/mol. The average molecular weight is 510 g/mol. The highest BCUT2D eigenvalue weighted by atomic mass is 35.5. The number of benzene rings is 1. The van der Waals surface area contributed by atoms with Gasteiger partial charge in [-0.1, -0.05) is 35.3 Å². The van der Waals surface area contributed by atoms with Crippen molar-refractivity contribution in [2.45, 2.75) is 39.7 Å². The first-order valence-corrected chi connectivity index (χ1v) is 11.9. The van der Waals surface area contributed by atoms with Crippen molar-refractivity contribution in [3.63, 3.8) is 0 Å². The van der Waals surface area contributed by atoms with Crippen molar-refractivity contribution >= 4 is 34.8 Å². The van der Waals surface area contributed by atoms with Gasteiger partial charge in [-0.25, -0.2) is 13.8 Å². The minimum Gasteiger partial charge on any atom is -0.396 e. The van der Waals surface area contributed by atoms with Crippen molar-refractivity contribution in [3.8, 4) is 0 Å². The summed E-state index contributed by atoms with van der Waals surface area (Å²) < 4.78 is 29.4. The second kappa shape index (κ2) is 10.2. The van der Waals surface area contributed by atoms with Crippen LogP contribution < -0.4 is 5.32 Å². The molecule has 182 valence electrons. The maximum Gasteiger partial charge on any atom is 0.163 e. The number of rotatable bonds is 7. The number of H-pyrrole nitrogens is 1. The summed E-state index contributed by atoms with van der Waals surface area (Å²) in [4.78, 5) is 6.63. The van der Waals surface area contributed by atoms with Gasteiger partial charge >= 0.3 is 0 Å². The topological polar surface area (TPSA) is 77.1 Å². The summed E-state index contributed by atoms with van der Waals surface area (Å²) in [6.07, 6.45) is 1.46. The molecule has 0 radical (unpaired) electrons. The van der Waals surface area contributed by atoms with Gasteiger partial charge in [0.05, 0.1) is 15.7 Å². The Morgan fingerprint density at radius 3 is 2.56 bits per heavy atom. The van der Waals surface area contributed by atoms with Gasteiger partial charge < -0.3 is 10.4 Å².